The summed E-state index contributed by atoms with van der Waals surface area (Å²) in [5.41, 5.74) is 1.16. The Kier molecular flexibility index (Phi) is 8.06. The number of aliphatic imine (C=N–C) groups is 1. The average Bonchev–Trinajstić information content (AvgIpc) is 2.61. The maximum Gasteiger partial charge on any atom is 0.221 e. The van der Waals surface area contributed by atoms with Crippen LogP contribution in [0.4, 0.5) is 0 Å². The first kappa shape index (κ1) is 19.6. The number of carbonyl (C=O) groups is 1. The number of amides is 1. The van der Waals surface area contributed by atoms with E-state index in [9.17, 15) is 4.79 Å². The van der Waals surface area contributed by atoms with Gasteiger partial charge in [-0.15, -0.1) is 0 Å². The zero-order valence-electron chi connectivity index (χ0n) is 15.2. The lowest BCUT2D eigenvalue weighted by Crippen LogP contribution is -2.41. The Morgan fingerprint density at radius 1 is 1.24 bits per heavy atom. The smallest absolute Gasteiger partial charge is 0.221 e. The lowest BCUT2D eigenvalue weighted by Gasteiger charge is -2.24. The van der Waals surface area contributed by atoms with Gasteiger partial charge in [-0.2, -0.15) is 0 Å². The Bertz CT molecular complexity index is 567. The highest BCUT2D eigenvalue weighted by atomic mass is 35.5. The van der Waals surface area contributed by atoms with E-state index in [1.807, 2.05) is 36.2 Å². The number of hydrogen-bond donors (Lipinski definition) is 2. The molecule has 0 unspecified atom stereocenters. The quantitative estimate of drug-likeness (QED) is 0.602. The molecule has 2 N–H and O–H groups in total. The van der Waals surface area contributed by atoms with Crippen molar-refractivity contribution in [1.29, 1.82) is 0 Å². The van der Waals surface area contributed by atoms with Crippen molar-refractivity contribution in [2.75, 3.05) is 20.6 Å². The molecule has 0 spiro atoms. The Morgan fingerprint density at radius 2 is 1.92 bits per heavy atom. The summed E-state index contributed by atoms with van der Waals surface area (Å²) in [6, 6.07) is 8.15. The summed E-state index contributed by atoms with van der Waals surface area (Å²) in [6.07, 6.45) is 6.44. The molecule has 0 bridgehead atoms. The fourth-order valence-corrected chi connectivity index (χ4v) is 3.28. The molecule has 0 aliphatic heterocycles. The summed E-state index contributed by atoms with van der Waals surface area (Å²) in [5.74, 6) is 0.899. The average molecular weight is 365 g/mol. The summed E-state index contributed by atoms with van der Waals surface area (Å²) < 4.78 is 0. The lowest BCUT2D eigenvalue weighted by molar-refractivity contribution is -0.121. The van der Waals surface area contributed by atoms with Crippen LogP contribution in [0.25, 0.3) is 0 Å². The number of hydrogen-bond acceptors (Lipinski definition) is 2. The molecule has 0 saturated heterocycles. The maximum atomic E-state index is 12.1. The molecule has 1 amide bonds. The van der Waals surface area contributed by atoms with Gasteiger partial charge >= 0.3 is 0 Å². The van der Waals surface area contributed by atoms with Gasteiger partial charge in [-0.3, -0.25) is 9.79 Å². The fraction of sp³-hybridized carbons (Fsp3) is 0.579. The van der Waals surface area contributed by atoms with E-state index in [4.69, 9.17) is 11.6 Å². The van der Waals surface area contributed by atoms with Crippen molar-refractivity contribution in [3.05, 3.63) is 34.9 Å². The Morgan fingerprint density at radius 3 is 2.56 bits per heavy atom. The normalized spacial score (nSPS) is 15.7. The topological polar surface area (TPSA) is 56.7 Å². The number of nitrogens with zero attached hydrogens (tertiary/aromatic N) is 2. The van der Waals surface area contributed by atoms with E-state index >= 15 is 0 Å². The van der Waals surface area contributed by atoms with Crippen molar-refractivity contribution in [1.82, 2.24) is 15.5 Å². The summed E-state index contributed by atoms with van der Waals surface area (Å²) in [5, 5.41) is 7.13. The van der Waals surface area contributed by atoms with Gasteiger partial charge in [0.25, 0.3) is 0 Å². The minimum absolute atomic E-state index is 0.121. The molecule has 1 aliphatic carbocycles. The van der Waals surface area contributed by atoms with Crippen molar-refractivity contribution in [2.24, 2.45) is 4.99 Å². The van der Waals surface area contributed by atoms with Crippen molar-refractivity contribution in [3.63, 3.8) is 0 Å². The van der Waals surface area contributed by atoms with Gasteiger partial charge in [0.2, 0.25) is 5.91 Å². The molecule has 1 saturated carbocycles. The molecule has 0 radical (unpaired) electrons. The van der Waals surface area contributed by atoms with Crippen LogP contribution in [0.3, 0.4) is 0 Å². The van der Waals surface area contributed by atoms with Gasteiger partial charge in [-0.25, -0.2) is 0 Å². The van der Waals surface area contributed by atoms with Crippen LogP contribution in [0.1, 0.15) is 44.1 Å². The first-order valence-electron chi connectivity index (χ1n) is 9.04. The van der Waals surface area contributed by atoms with E-state index in [1.165, 1.54) is 19.3 Å². The minimum atomic E-state index is 0.121. The number of nitrogens with one attached hydrogen (secondary N) is 2. The summed E-state index contributed by atoms with van der Waals surface area (Å²) in [7, 11) is 3.73. The second kappa shape index (κ2) is 10.3. The third kappa shape index (κ3) is 6.94. The van der Waals surface area contributed by atoms with Crippen LogP contribution in [-0.2, 0) is 11.3 Å². The van der Waals surface area contributed by atoms with E-state index in [0.717, 1.165) is 35.9 Å². The predicted molar refractivity (Wildman–Crippen MR) is 104 cm³/mol. The van der Waals surface area contributed by atoms with Crippen molar-refractivity contribution >= 4 is 23.5 Å². The highest BCUT2D eigenvalue weighted by Crippen LogP contribution is 2.17. The molecule has 0 heterocycles. The van der Waals surface area contributed by atoms with E-state index in [2.05, 4.69) is 15.6 Å². The van der Waals surface area contributed by atoms with Gasteiger partial charge in [-0.1, -0.05) is 43.0 Å². The minimum Gasteiger partial charge on any atom is -0.356 e. The number of halogens is 1. The van der Waals surface area contributed by atoms with E-state index < -0.39 is 0 Å². The lowest BCUT2D eigenvalue weighted by atomic mass is 9.95. The molecule has 1 fully saturated rings. The number of rotatable bonds is 6. The van der Waals surface area contributed by atoms with Gasteiger partial charge in [0.05, 0.1) is 0 Å². The number of benzene rings is 1. The summed E-state index contributed by atoms with van der Waals surface area (Å²) in [6.45, 7) is 1.31. The Labute approximate surface area is 155 Å². The van der Waals surface area contributed by atoms with Crippen LogP contribution in [0.2, 0.25) is 5.02 Å². The highest BCUT2D eigenvalue weighted by Gasteiger charge is 2.15. The van der Waals surface area contributed by atoms with Crippen LogP contribution < -0.4 is 10.6 Å². The molecule has 1 aromatic rings. The maximum absolute atomic E-state index is 12.1. The standard InChI is InChI=1S/C19H29ClN4O/c1-21-19(24(2)14-15-8-10-16(20)11-9-15)22-13-12-18(25)23-17-6-4-3-5-7-17/h8-11,17H,3-7,12-14H2,1-2H3,(H,21,22)(H,23,25). The zero-order valence-corrected chi connectivity index (χ0v) is 16.0. The monoisotopic (exact) mass is 364 g/mol. The molecule has 25 heavy (non-hydrogen) atoms. The molecule has 1 aromatic carbocycles. The first-order valence-corrected chi connectivity index (χ1v) is 9.42. The third-order valence-electron chi connectivity index (χ3n) is 4.51. The number of carbonyl (C=O) groups excluding carboxylic acids is 1. The largest absolute Gasteiger partial charge is 0.356 e. The van der Waals surface area contributed by atoms with Gasteiger partial charge in [0.1, 0.15) is 0 Å². The predicted octanol–water partition coefficient (Wildman–Crippen LogP) is 3.19. The van der Waals surface area contributed by atoms with E-state index in [-0.39, 0.29) is 5.91 Å². The second-order valence-electron chi connectivity index (χ2n) is 6.61. The molecule has 0 atom stereocenters. The van der Waals surface area contributed by atoms with Gasteiger partial charge in [0.15, 0.2) is 5.96 Å². The van der Waals surface area contributed by atoms with Crippen molar-refractivity contribution < 1.29 is 4.79 Å². The van der Waals surface area contributed by atoms with Crippen LogP contribution in [0, 0.1) is 0 Å². The van der Waals surface area contributed by atoms with Crippen molar-refractivity contribution in [2.45, 2.75) is 51.1 Å². The van der Waals surface area contributed by atoms with Crippen LogP contribution >= 0.6 is 11.6 Å². The molecule has 6 heteroatoms. The molecule has 0 aromatic heterocycles. The van der Waals surface area contributed by atoms with E-state index in [0.29, 0.717) is 19.0 Å². The third-order valence-corrected chi connectivity index (χ3v) is 4.76. The summed E-state index contributed by atoms with van der Waals surface area (Å²) >= 11 is 5.92. The van der Waals surface area contributed by atoms with E-state index in [1.54, 1.807) is 7.05 Å². The summed E-state index contributed by atoms with van der Waals surface area (Å²) in [4.78, 5) is 18.4. The van der Waals surface area contributed by atoms with Crippen molar-refractivity contribution in [3.8, 4) is 0 Å². The molecule has 2 rings (SSSR count). The zero-order chi connectivity index (χ0) is 18.1. The van der Waals surface area contributed by atoms with Crippen LogP contribution in [0.15, 0.2) is 29.3 Å². The van der Waals surface area contributed by atoms with Crippen LogP contribution in [0.5, 0.6) is 0 Å². The molecule has 138 valence electrons. The molecule has 1 aliphatic rings. The van der Waals surface area contributed by atoms with Gasteiger partial charge < -0.3 is 15.5 Å². The Balaban J connectivity index is 1.71. The molecular weight excluding hydrogens is 336 g/mol. The Hall–Kier alpha value is -1.75. The molecular formula is C19H29ClN4O. The SMILES string of the molecule is CN=C(NCCC(=O)NC1CCCCC1)N(C)Cc1ccc(Cl)cc1. The van der Waals surface area contributed by atoms with Gasteiger partial charge in [0, 0.05) is 44.7 Å². The number of guanidine groups is 1. The molecule has 5 nitrogen and oxygen atoms in total. The second-order valence-corrected chi connectivity index (χ2v) is 7.05. The highest BCUT2D eigenvalue weighted by molar-refractivity contribution is 6.30. The van der Waals surface area contributed by atoms with Crippen LogP contribution in [-0.4, -0.2) is 43.4 Å². The fourth-order valence-electron chi connectivity index (χ4n) is 3.16. The first-order chi connectivity index (χ1) is 12.1. The van der Waals surface area contributed by atoms with Gasteiger partial charge in [-0.05, 0) is 30.5 Å².